The van der Waals surface area contributed by atoms with E-state index in [9.17, 15) is 4.79 Å². The fourth-order valence-corrected chi connectivity index (χ4v) is 4.12. The van der Waals surface area contributed by atoms with Crippen molar-refractivity contribution in [2.24, 2.45) is 0 Å². The Hall–Kier alpha value is -2.72. The smallest absolute Gasteiger partial charge is 0.247 e. The van der Waals surface area contributed by atoms with E-state index in [1.54, 1.807) is 25.3 Å². The van der Waals surface area contributed by atoms with Crippen molar-refractivity contribution in [1.29, 1.82) is 0 Å². The standard InChI is InChI=1S/C21H16O3S/c1-23-16-12-13-18-19(14-16)24-21(20(18)22,15-8-4-2-5-9-15)25-17-10-6-3-7-11-17/h2-14H,1H3. The number of hydrogen-bond donors (Lipinski definition) is 0. The molecule has 0 spiro atoms. The summed E-state index contributed by atoms with van der Waals surface area (Å²) in [5, 5.41) is 0. The van der Waals surface area contributed by atoms with E-state index in [1.807, 2.05) is 60.7 Å². The van der Waals surface area contributed by atoms with E-state index in [2.05, 4.69) is 0 Å². The van der Waals surface area contributed by atoms with Crippen molar-refractivity contribution >= 4 is 17.5 Å². The quantitative estimate of drug-likeness (QED) is 0.671. The number of Topliss-reactive ketones (excluding diaryl/α,β-unsaturated/α-hetero) is 1. The van der Waals surface area contributed by atoms with Crippen molar-refractivity contribution in [3.8, 4) is 11.5 Å². The van der Waals surface area contributed by atoms with Gasteiger partial charge in [-0.05, 0) is 24.3 Å². The number of ketones is 1. The highest BCUT2D eigenvalue weighted by Crippen LogP contribution is 2.51. The molecule has 3 aromatic carbocycles. The summed E-state index contributed by atoms with van der Waals surface area (Å²) in [6.45, 7) is 0. The van der Waals surface area contributed by atoms with E-state index in [1.165, 1.54) is 11.8 Å². The number of thioether (sulfide) groups is 1. The van der Waals surface area contributed by atoms with Gasteiger partial charge in [-0.2, -0.15) is 0 Å². The first-order valence-electron chi connectivity index (χ1n) is 7.94. The van der Waals surface area contributed by atoms with Crippen LogP contribution in [0.5, 0.6) is 11.5 Å². The van der Waals surface area contributed by atoms with E-state index < -0.39 is 4.93 Å². The van der Waals surface area contributed by atoms with Crippen molar-refractivity contribution in [3.05, 3.63) is 90.0 Å². The Balaban J connectivity index is 1.84. The van der Waals surface area contributed by atoms with Crippen molar-refractivity contribution < 1.29 is 14.3 Å². The molecule has 25 heavy (non-hydrogen) atoms. The van der Waals surface area contributed by atoms with Crippen LogP contribution in [0.25, 0.3) is 0 Å². The molecule has 0 amide bonds. The molecule has 0 fully saturated rings. The number of rotatable bonds is 4. The fourth-order valence-electron chi connectivity index (χ4n) is 2.91. The minimum atomic E-state index is -1.13. The first kappa shape index (κ1) is 15.8. The van der Waals surface area contributed by atoms with Crippen LogP contribution in [0.2, 0.25) is 0 Å². The van der Waals surface area contributed by atoms with Gasteiger partial charge in [-0.25, -0.2) is 0 Å². The average Bonchev–Trinajstić information content (AvgIpc) is 2.95. The molecule has 1 atom stereocenters. The molecule has 3 nitrogen and oxygen atoms in total. The molecule has 3 aromatic rings. The monoisotopic (exact) mass is 348 g/mol. The van der Waals surface area contributed by atoms with E-state index >= 15 is 0 Å². The molecular weight excluding hydrogens is 332 g/mol. The molecule has 0 N–H and O–H groups in total. The third-order valence-electron chi connectivity index (χ3n) is 4.14. The Labute approximate surface area is 150 Å². The van der Waals surface area contributed by atoms with Crippen molar-refractivity contribution in [2.75, 3.05) is 7.11 Å². The van der Waals surface area contributed by atoms with Gasteiger partial charge < -0.3 is 9.47 Å². The molecule has 0 aromatic heterocycles. The summed E-state index contributed by atoms with van der Waals surface area (Å²) in [5.74, 6) is 1.17. The minimum Gasteiger partial charge on any atom is -0.497 e. The Morgan fingerprint density at radius 1 is 0.920 bits per heavy atom. The van der Waals surface area contributed by atoms with Gasteiger partial charge in [-0.15, -0.1) is 0 Å². The molecule has 0 saturated carbocycles. The zero-order valence-electron chi connectivity index (χ0n) is 13.6. The maximum atomic E-state index is 13.3. The van der Waals surface area contributed by atoms with Crippen LogP contribution in [-0.4, -0.2) is 12.9 Å². The summed E-state index contributed by atoms with van der Waals surface area (Å²) < 4.78 is 11.5. The minimum absolute atomic E-state index is 0.0507. The Bertz CT molecular complexity index is 909. The number of methoxy groups -OCH3 is 1. The Morgan fingerprint density at radius 3 is 2.28 bits per heavy atom. The van der Waals surface area contributed by atoms with Crippen LogP contribution in [0.15, 0.2) is 83.8 Å². The van der Waals surface area contributed by atoms with Crippen molar-refractivity contribution in [3.63, 3.8) is 0 Å². The highest BCUT2D eigenvalue weighted by Gasteiger charge is 2.50. The molecule has 1 heterocycles. The molecule has 1 unspecified atom stereocenters. The maximum Gasteiger partial charge on any atom is 0.247 e. The summed E-state index contributed by atoms with van der Waals surface area (Å²) >= 11 is 1.42. The van der Waals surface area contributed by atoms with E-state index in [0.29, 0.717) is 17.1 Å². The van der Waals surface area contributed by atoms with Gasteiger partial charge in [-0.1, -0.05) is 60.3 Å². The van der Waals surface area contributed by atoms with Gasteiger partial charge in [0.05, 0.1) is 12.7 Å². The van der Waals surface area contributed by atoms with Gasteiger partial charge in [0.15, 0.2) is 0 Å². The molecule has 4 rings (SSSR count). The second-order valence-corrected chi connectivity index (χ2v) is 6.94. The van der Waals surface area contributed by atoms with Crippen molar-refractivity contribution in [1.82, 2.24) is 0 Å². The highest BCUT2D eigenvalue weighted by atomic mass is 32.2. The van der Waals surface area contributed by atoms with Crippen LogP contribution in [0.4, 0.5) is 0 Å². The first-order chi connectivity index (χ1) is 12.2. The molecule has 1 aliphatic heterocycles. The molecule has 0 radical (unpaired) electrons. The lowest BCUT2D eigenvalue weighted by molar-refractivity contribution is 0.0800. The van der Waals surface area contributed by atoms with E-state index in [0.717, 1.165) is 10.5 Å². The lowest BCUT2D eigenvalue weighted by Crippen LogP contribution is -2.33. The summed E-state index contributed by atoms with van der Waals surface area (Å²) in [4.78, 5) is 13.2. The summed E-state index contributed by atoms with van der Waals surface area (Å²) in [6.07, 6.45) is 0. The molecule has 0 aliphatic carbocycles. The SMILES string of the molecule is COc1ccc2c(c1)OC(Sc1ccccc1)(c1ccccc1)C2=O. The highest BCUT2D eigenvalue weighted by molar-refractivity contribution is 8.01. The van der Waals surface area contributed by atoms with E-state index in [-0.39, 0.29) is 5.78 Å². The normalized spacial score (nSPS) is 18.5. The lowest BCUT2D eigenvalue weighted by Gasteiger charge is -2.27. The third-order valence-corrected chi connectivity index (χ3v) is 5.44. The van der Waals surface area contributed by atoms with Gasteiger partial charge >= 0.3 is 0 Å². The second kappa shape index (κ2) is 6.30. The number of hydrogen-bond acceptors (Lipinski definition) is 4. The van der Waals surface area contributed by atoms with Crippen LogP contribution in [0, 0.1) is 0 Å². The lowest BCUT2D eigenvalue weighted by atomic mass is 10.0. The van der Waals surface area contributed by atoms with E-state index in [4.69, 9.17) is 9.47 Å². The number of carbonyl (C=O) groups excluding carboxylic acids is 1. The predicted octanol–water partition coefficient (Wildman–Crippen LogP) is 4.92. The maximum absolute atomic E-state index is 13.3. The van der Waals surface area contributed by atoms with Crippen LogP contribution in [0.3, 0.4) is 0 Å². The topological polar surface area (TPSA) is 35.5 Å². The summed E-state index contributed by atoms with van der Waals surface area (Å²) in [5.41, 5.74) is 1.40. The molecule has 4 heteroatoms. The first-order valence-corrected chi connectivity index (χ1v) is 8.76. The number of carbonyl (C=O) groups is 1. The number of benzene rings is 3. The Morgan fingerprint density at radius 2 is 1.60 bits per heavy atom. The second-order valence-electron chi connectivity index (χ2n) is 5.69. The Kier molecular flexibility index (Phi) is 3.98. The van der Waals surface area contributed by atoms with Gasteiger partial charge in [0, 0.05) is 16.5 Å². The van der Waals surface area contributed by atoms with Crippen LogP contribution < -0.4 is 9.47 Å². The van der Waals surface area contributed by atoms with Gasteiger partial charge in [-0.3, -0.25) is 4.79 Å². The molecular formula is C21H16O3S. The van der Waals surface area contributed by atoms with Crippen LogP contribution in [0.1, 0.15) is 15.9 Å². The van der Waals surface area contributed by atoms with Crippen LogP contribution >= 0.6 is 11.8 Å². The molecule has 1 aliphatic rings. The van der Waals surface area contributed by atoms with Gasteiger partial charge in [0.1, 0.15) is 11.5 Å². The predicted molar refractivity (Wildman–Crippen MR) is 98.4 cm³/mol. The molecule has 0 saturated heterocycles. The molecule has 0 bridgehead atoms. The van der Waals surface area contributed by atoms with Gasteiger partial charge in [0.25, 0.3) is 0 Å². The van der Waals surface area contributed by atoms with Crippen LogP contribution in [-0.2, 0) is 4.93 Å². The largest absolute Gasteiger partial charge is 0.497 e. The zero-order valence-corrected chi connectivity index (χ0v) is 14.5. The fraction of sp³-hybridized carbons (Fsp3) is 0.0952. The van der Waals surface area contributed by atoms with Crippen molar-refractivity contribution in [2.45, 2.75) is 9.83 Å². The summed E-state index contributed by atoms with van der Waals surface area (Å²) in [6, 6.07) is 24.8. The zero-order chi connectivity index (χ0) is 17.3. The summed E-state index contributed by atoms with van der Waals surface area (Å²) in [7, 11) is 1.60. The third kappa shape index (κ3) is 2.68. The number of ether oxygens (including phenoxy) is 2. The van der Waals surface area contributed by atoms with Gasteiger partial charge in [0.2, 0.25) is 10.7 Å². The number of fused-ring (bicyclic) bond motifs is 1. The molecule has 124 valence electrons. The average molecular weight is 348 g/mol.